The average Bonchev–Trinajstić information content (AvgIpc) is 2.63. The number of halogens is 3. The van der Waals surface area contributed by atoms with Crippen LogP contribution in [0.25, 0.3) is 0 Å². The highest BCUT2D eigenvalue weighted by Crippen LogP contribution is 2.28. The van der Waals surface area contributed by atoms with E-state index in [1.54, 1.807) is 6.07 Å². The van der Waals surface area contributed by atoms with Crippen molar-refractivity contribution < 1.29 is 8.78 Å². The minimum absolute atomic E-state index is 0.370. The number of nitrogens with zero attached hydrogens (tertiary/aromatic N) is 1. The monoisotopic (exact) mass is 261 g/mol. The first kappa shape index (κ1) is 9.90. The lowest BCUT2D eigenvalue weighted by Crippen LogP contribution is -2.19. The second-order valence-electron chi connectivity index (χ2n) is 3.41. The summed E-state index contributed by atoms with van der Waals surface area (Å²) in [6, 6.07) is 2.78. The lowest BCUT2D eigenvalue weighted by atomic mass is 10.2. The Morgan fingerprint density at radius 2 is 1.79 bits per heavy atom. The summed E-state index contributed by atoms with van der Waals surface area (Å²) in [6.07, 6.45) is 2.10. The third-order valence-corrected chi connectivity index (χ3v) is 2.88. The first-order chi connectivity index (χ1) is 6.68. The summed E-state index contributed by atoms with van der Waals surface area (Å²) in [5, 5.41) is 0. The molecule has 0 unspecified atom stereocenters. The van der Waals surface area contributed by atoms with Crippen LogP contribution < -0.4 is 4.90 Å². The van der Waals surface area contributed by atoms with Gasteiger partial charge in [0, 0.05) is 17.6 Å². The Balaban J connectivity index is 2.40. The molecule has 0 radical (unpaired) electrons. The molecule has 14 heavy (non-hydrogen) atoms. The van der Waals surface area contributed by atoms with Crippen molar-refractivity contribution >= 4 is 21.6 Å². The molecule has 1 aromatic rings. The molecule has 0 aromatic heterocycles. The molecule has 0 N–H and O–H groups in total. The number of anilines is 1. The maximum atomic E-state index is 13.4. The van der Waals surface area contributed by atoms with Crippen LogP contribution in [0.1, 0.15) is 12.8 Å². The van der Waals surface area contributed by atoms with Crippen molar-refractivity contribution in [1.82, 2.24) is 0 Å². The highest BCUT2D eigenvalue weighted by Gasteiger charge is 2.19. The Kier molecular flexibility index (Phi) is 2.72. The van der Waals surface area contributed by atoms with Crippen molar-refractivity contribution in [3.05, 3.63) is 28.2 Å². The Morgan fingerprint density at radius 3 is 2.43 bits per heavy atom. The molecular formula is C10H10BrF2N. The zero-order valence-electron chi connectivity index (χ0n) is 7.56. The van der Waals surface area contributed by atoms with Crippen molar-refractivity contribution in [2.75, 3.05) is 18.0 Å². The molecule has 0 amide bonds. The van der Waals surface area contributed by atoms with Crippen LogP contribution in [0.15, 0.2) is 16.6 Å². The minimum atomic E-state index is -0.790. The van der Waals surface area contributed by atoms with E-state index in [-0.39, 0.29) is 0 Å². The van der Waals surface area contributed by atoms with Crippen LogP contribution in [0.5, 0.6) is 0 Å². The third kappa shape index (κ3) is 1.75. The topological polar surface area (TPSA) is 3.24 Å². The molecule has 1 aliphatic rings. The zero-order valence-corrected chi connectivity index (χ0v) is 9.15. The van der Waals surface area contributed by atoms with Crippen LogP contribution in [0.4, 0.5) is 14.5 Å². The smallest absolute Gasteiger partial charge is 0.182 e. The lowest BCUT2D eigenvalue weighted by molar-refractivity contribution is 0.507. The maximum absolute atomic E-state index is 13.4. The Bertz CT molecular complexity index is 348. The van der Waals surface area contributed by atoms with E-state index in [0.29, 0.717) is 10.2 Å². The van der Waals surface area contributed by atoms with Crippen LogP contribution in [-0.2, 0) is 0 Å². The molecular weight excluding hydrogens is 252 g/mol. The van der Waals surface area contributed by atoms with Gasteiger partial charge in [-0.1, -0.05) is 15.9 Å². The second-order valence-corrected chi connectivity index (χ2v) is 4.33. The second kappa shape index (κ2) is 3.85. The fourth-order valence-corrected chi connectivity index (χ4v) is 2.15. The summed E-state index contributed by atoms with van der Waals surface area (Å²) in [6.45, 7) is 1.62. The van der Waals surface area contributed by atoms with Crippen molar-refractivity contribution in [2.45, 2.75) is 12.8 Å². The summed E-state index contributed by atoms with van der Waals surface area (Å²) in [5.74, 6) is -1.53. The SMILES string of the molecule is Fc1cc(Br)cc(N2CCCC2)c1F. The standard InChI is InChI=1S/C10H10BrF2N/c11-7-5-8(12)10(13)9(6-7)14-3-1-2-4-14/h5-6H,1-4H2. The maximum Gasteiger partial charge on any atom is 0.182 e. The fraction of sp³-hybridized carbons (Fsp3) is 0.400. The highest BCUT2D eigenvalue weighted by molar-refractivity contribution is 9.10. The summed E-state index contributed by atoms with van der Waals surface area (Å²) in [5.41, 5.74) is 0.370. The van der Waals surface area contributed by atoms with Crippen LogP contribution in [-0.4, -0.2) is 13.1 Å². The van der Waals surface area contributed by atoms with Gasteiger partial charge in [0.1, 0.15) is 0 Å². The number of hydrogen-bond acceptors (Lipinski definition) is 1. The minimum Gasteiger partial charge on any atom is -0.369 e. The Hall–Kier alpha value is -0.640. The zero-order chi connectivity index (χ0) is 10.1. The predicted molar refractivity (Wildman–Crippen MR) is 55.5 cm³/mol. The largest absolute Gasteiger partial charge is 0.369 e. The third-order valence-electron chi connectivity index (χ3n) is 2.42. The van der Waals surface area contributed by atoms with Gasteiger partial charge in [-0.05, 0) is 25.0 Å². The molecule has 1 nitrogen and oxygen atoms in total. The van der Waals surface area contributed by atoms with E-state index in [1.807, 2.05) is 4.90 Å². The van der Waals surface area contributed by atoms with E-state index >= 15 is 0 Å². The lowest BCUT2D eigenvalue weighted by Gasteiger charge is -2.18. The molecule has 2 rings (SSSR count). The van der Waals surface area contributed by atoms with Gasteiger partial charge >= 0.3 is 0 Å². The average molecular weight is 262 g/mol. The molecule has 1 aliphatic heterocycles. The van der Waals surface area contributed by atoms with Crippen LogP contribution in [0.3, 0.4) is 0 Å². The van der Waals surface area contributed by atoms with Crippen LogP contribution in [0.2, 0.25) is 0 Å². The van der Waals surface area contributed by atoms with Gasteiger partial charge in [-0.3, -0.25) is 0 Å². The molecule has 1 fully saturated rings. The van der Waals surface area contributed by atoms with Gasteiger partial charge in [0.15, 0.2) is 11.6 Å². The predicted octanol–water partition coefficient (Wildman–Crippen LogP) is 3.33. The quantitative estimate of drug-likeness (QED) is 0.702. The van der Waals surface area contributed by atoms with E-state index in [0.717, 1.165) is 32.0 Å². The summed E-state index contributed by atoms with van der Waals surface area (Å²) in [7, 11) is 0. The van der Waals surface area contributed by atoms with Gasteiger partial charge in [-0.2, -0.15) is 0 Å². The molecule has 1 heterocycles. The normalized spacial score (nSPS) is 16.4. The van der Waals surface area contributed by atoms with Crippen LogP contribution in [0, 0.1) is 11.6 Å². The van der Waals surface area contributed by atoms with Gasteiger partial charge < -0.3 is 4.90 Å². The summed E-state index contributed by atoms with van der Waals surface area (Å²) in [4.78, 5) is 1.88. The molecule has 76 valence electrons. The van der Waals surface area contributed by atoms with E-state index in [4.69, 9.17) is 0 Å². The summed E-state index contributed by atoms with van der Waals surface area (Å²) < 4.78 is 27.0. The Labute approximate surface area is 89.8 Å². The van der Waals surface area contributed by atoms with Gasteiger partial charge in [0.05, 0.1) is 5.69 Å². The number of rotatable bonds is 1. The Morgan fingerprint density at radius 1 is 1.14 bits per heavy atom. The molecule has 1 saturated heterocycles. The first-order valence-corrected chi connectivity index (χ1v) is 5.37. The van der Waals surface area contributed by atoms with Crippen molar-refractivity contribution in [3.8, 4) is 0 Å². The summed E-state index contributed by atoms with van der Waals surface area (Å²) >= 11 is 3.16. The highest BCUT2D eigenvalue weighted by atomic mass is 79.9. The molecule has 0 aliphatic carbocycles. The fourth-order valence-electron chi connectivity index (χ4n) is 1.73. The van der Waals surface area contributed by atoms with Crippen molar-refractivity contribution in [1.29, 1.82) is 0 Å². The molecule has 4 heteroatoms. The van der Waals surface area contributed by atoms with Gasteiger partial charge in [-0.25, -0.2) is 8.78 Å². The number of benzene rings is 1. The van der Waals surface area contributed by atoms with Crippen LogP contribution >= 0.6 is 15.9 Å². The van der Waals surface area contributed by atoms with Crippen molar-refractivity contribution in [3.63, 3.8) is 0 Å². The molecule has 0 spiro atoms. The van der Waals surface area contributed by atoms with E-state index in [9.17, 15) is 8.78 Å². The first-order valence-electron chi connectivity index (χ1n) is 4.58. The molecule has 0 bridgehead atoms. The van der Waals surface area contributed by atoms with Crippen molar-refractivity contribution in [2.24, 2.45) is 0 Å². The van der Waals surface area contributed by atoms with Gasteiger partial charge in [0.25, 0.3) is 0 Å². The molecule has 0 saturated carbocycles. The van der Waals surface area contributed by atoms with Gasteiger partial charge in [0.2, 0.25) is 0 Å². The number of hydrogen-bond donors (Lipinski definition) is 0. The van der Waals surface area contributed by atoms with E-state index < -0.39 is 11.6 Å². The van der Waals surface area contributed by atoms with E-state index in [1.165, 1.54) is 0 Å². The molecule has 0 atom stereocenters. The van der Waals surface area contributed by atoms with E-state index in [2.05, 4.69) is 15.9 Å². The molecule has 1 aromatic carbocycles. The van der Waals surface area contributed by atoms with Gasteiger partial charge in [-0.15, -0.1) is 0 Å².